The lowest BCUT2D eigenvalue weighted by Crippen LogP contribution is -2.29. The van der Waals surface area contributed by atoms with E-state index in [4.69, 9.17) is 4.74 Å². The second-order valence-corrected chi connectivity index (χ2v) is 6.60. The molecule has 0 aliphatic carbocycles. The van der Waals surface area contributed by atoms with Crippen molar-refractivity contribution in [2.75, 3.05) is 0 Å². The summed E-state index contributed by atoms with van der Waals surface area (Å²) in [5.74, 6) is -0.345. The summed E-state index contributed by atoms with van der Waals surface area (Å²) in [6, 6.07) is 14.5. The molecule has 0 N–H and O–H groups in total. The van der Waals surface area contributed by atoms with Gasteiger partial charge in [-0.3, -0.25) is 4.79 Å². The highest BCUT2D eigenvalue weighted by molar-refractivity contribution is 5.86. The Kier molecular flexibility index (Phi) is 5.02. The number of rotatable bonds is 5. The Morgan fingerprint density at radius 2 is 1.86 bits per heavy atom. The third-order valence-corrected chi connectivity index (χ3v) is 3.54. The van der Waals surface area contributed by atoms with E-state index in [1.54, 1.807) is 6.08 Å². The number of allylic oxidation sites excluding steroid dienone is 1. The van der Waals surface area contributed by atoms with Crippen molar-refractivity contribution in [1.82, 2.24) is 0 Å². The largest absolute Gasteiger partial charge is 0.460 e. The van der Waals surface area contributed by atoms with E-state index in [1.807, 2.05) is 39.0 Å². The highest BCUT2D eigenvalue weighted by Gasteiger charge is 2.24. The number of esters is 1. The predicted octanol–water partition coefficient (Wildman–Crippen LogP) is 4.92. The molecule has 0 aliphatic rings. The minimum Gasteiger partial charge on any atom is -0.460 e. The van der Waals surface area contributed by atoms with Crippen LogP contribution in [0.15, 0.2) is 55.1 Å². The fourth-order valence-corrected chi connectivity index (χ4v) is 2.59. The van der Waals surface area contributed by atoms with E-state index in [-0.39, 0.29) is 11.9 Å². The monoisotopic (exact) mass is 296 g/mol. The summed E-state index contributed by atoms with van der Waals surface area (Å²) in [7, 11) is 0. The van der Waals surface area contributed by atoms with Gasteiger partial charge in [0.15, 0.2) is 0 Å². The second kappa shape index (κ2) is 6.78. The molecule has 0 spiro atoms. The summed E-state index contributed by atoms with van der Waals surface area (Å²) in [4.78, 5) is 12.4. The zero-order valence-electron chi connectivity index (χ0n) is 13.6. The van der Waals surface area contributed by atoms with Crippen molar-refractivity contribution < 1.29 is 9.53 Å². The van der Waals surface area contributed by atoms with Crippen molar-refractivity contribution in [3.63, 3.8) is 0 Å². The molecule has 1 atom stereocenters. The third-order valence-electron chi connectivity index (χ3n) is 3.54. The molecule has 0 aliphatic heterocycles. The van der Waals surface area contributed by atoms with Crippen molar-refractivity contribution in [1.29, 1.82) is 0 Å². The Labute approximate surface area is 132 Å². The Bertz CT molecular complexity index is 659. The summed E-state index contributed by atoms with van der Waals surface area (Å²) >= 11 is 0. The number of hydrogen-bond acceptors (Lipinski definition) is 2. The van der Waals surface area contributed by atoms with E-state index in [0.29, 0.717) is 12.8 Å². The van der Waals surface area contributed by atoms with Crippen molar-refractivity contribution >= 4 is 16.7 Å². The number of hydrogen-bond donors (Lipinski definition) is 0. The number of carbonyl (C=O) groups is 1. The van der Waals surface area contributed by atoms with Crippen LogP contribution in [-0.4, -0.2) is 11.6 Å². The van der Waals surface area contributed by atoms with Crippen molar-refractivity contribution in [3.8, 4) is 0 Å². The average molecular weight is 296 g/mol. The van der Waals surface area contributed by atoms with E-state index in [9.17, 15) is 4.79 Å². The predicted molar refractivity (Wildman–Crippen MR) is 91.8 cm³/mol. The lowest BCUT2D eigenvalue weighted by Gasteiger charge is -2.23. The van der Waals surface area contributed by atoms with E-state index < -0.39 is 5.60 Å². The molecule has 2 aromatic rings. The SMILES string of the molecule is C=CCC(Cc1cccc2ccccc12)C(=O)OC(C)(C)C. The fourth-order valence-electron chi connectivity index (χ4n) is 2.59. The number of ether oxygens (including phenoxy) is 1. The maximum absolute atomic E-state index is 12.4. The van der Waals surface area contributed by atoms with Crippen LogP contribution in [0, 0.1) is 5.92 Å². The summed E-state index contributed by atoms with van der Waals surface area (Å²) in [5.41, 5.74) is 0.714. The smallest absolute Gasteiger partial charge is 0.310 e. The number of fused-ring (bicyclic) bond motifs is 1. The molecule has 22 heavy (non-hydrogen) atoms. The van der Waals surface area contributed by atoms with E-state index >= 15 is 0 Å². The van der Waals surface area contributed by atoms with Crippen LogP contribution in [0.5, 0.6) is 0 Å². The van der Waals surface area contributed by atoms with Crippen LogP contribution in [0.4, 0.5) is 0 Å². The summed E-state index contributed by atoms with van der Waals surface area (Å²) < 4.78 is 5.55. The molecule has 116 valence electrons. The average Bonchev–Trinajstić information content (AvgIpc) is 2.45. The van der Waals surface area contributed by atoms with Crippen LogP contribution >= 0.6 is 0 Å². The second-order valence-electron chi connectivity index (χ2n) is 6.60. The van der Waals surface area contributed by atoms with Crippen LogP contribution in [0.3, 0.4) is 0 Å². The fraction of sp³-hybridized carbons (Fsp3) is 0.350. The summed E-state index contributed by atoms with van der Waals surface area (Å²) in [6.45, 7) is 9.47. The molecule has 0 fully saturated rings. The van der Waals surface area contributed by atoms with Crippen LogP contribution in [0.25, 0.3) is 10.8 Å². The van der Waals surface area contributed by atoms with Crippen LogP contribution in [0.2, 0.25) is 0 Å². The normalized spacial score (nSPS) is 12.9. The molecule has 0 amide bonds. The van der Waals surface area contributed by atoms with Gasteiger partial charge in [-0.1, -0.05) is 48.5 Å². The molecule has 0 aromatic heterocycles. The van der Waals surface area contributed by atoms with Gasteiger partial charge in [-0.15, -0.1) is 6.58 Å². The van der Waals surface area contributed by atoms with E-state index in [0.717, 1.165) is 0 Å². The molecule has 2 aromatic carbocycles. The van der Waals surface area contributed by atoms with Gasteiger partial charge < -0.3 is 4.74 Å². The topological polar surface area (TPSA) is 26.3 Å². The molecular weight excluding hydrogens is 272 g/mol. The first kappa shape index (κ1) is 16.3. The maximum atomic E-state index is 12.4. The van der Waals surface area contributed by atoms with Crippen LogP contribution in [0.1, 0.15) is 32.8 Å². The summed E-state index contributed by atoms with van der Waals surface area (Å²) in [6.07, 6.45) is 3.08. The number of carbonyl (C=O) groups excluding carboxylic acids is 1. The summed E-state index contributed by atoms with van der Waals surface area (Å²) in [5, 5.41) is 2.39. The van der Waals surface area contributed by atoms with Gasteiger partial charge in [0, 0.05) is 0 Å². The molecule has 1 unspecified atom stereocenters. The lowest BCUT2D eigenvalue weighted by molar-refractivity contribution is -0.159. The Morgan fingerprint density at radius 1 is 1.18 bits per heavy atom. The Balaban J connectivity index is 2.26. The molecule has 2 nitrogen and oxygen atoms in total. The van der Waals surface area contributed by atoms with E-state index in [2.05, 4.69) is 30.8 Å². The highest BCUT2D eigenvalue weighted by atomic mass is 16.6. The molecule has 2 heteroatoms. The van der Waals surface area contributed by atoms with Crippen molar-refractivity contribution in [2.24, 2.45) is 5.92 Å². The maximum Gasteiger partial charge on any atom is 0.310 e. The molecule has 0 heterocycles. The van der Waals surface area contributed by atoms with Crippen molar-refractivity contribution in [2.45, 2.75) is 39.2 Å². The highest BCUT2D eigenvalue weighted by Crippen LogP contribution is 2.24. The zero-order chi connectivity index (χ0) is 16.2. The van der Waals surface area contributed by atoms with Gasteiger partial charge in [0.1, 0.15) is 5.60 Å². The minimum absolute atomic E-state index is 0.152. The first-order valence-corrected chi connectivity index (χ1v) is 7.71. The van der Waals surface area contributed by atoms with Crippen molar-refractivity contribution in [3.05, 3.63) is 60.7 Å². The minimum atomic E-state index is -0.463. The molecule has 0 bridgehead atoms. The van der Waals surface area contributed by atoms with Gasteiger partial charge in [-0.2, -0.15) is 0 Å². The number of benzene rings is 2. The molecule has 2 rings (SSSR count). The van der Waals surface area contributed by atoms with Gasteiger partial charge in [0.25, 0.3) is 0 Å². The first-order valence-electron chi connectivity index (χ1n) is 7.71. The molecular formula is C20H24O2. The van der Waals surface area contributed by atoms with Crippen LogP contribution < -0.4 is 0 Å². The Hall–Kier alpha value is -2.09. The lowest BCUT2D eigenvalue weighted by atomic mass is 9.92. The van der Waals surface area contributed by atoms with Gasteiger partial charge in [0.2, 0.25) is 0 Å². The molecule has 0 saturated heterocycles. The van der Waals surface area contributed by atoms with E-state index in [1.165, 1.54) is 16.3 Å². The van der Waals surface area contributed by atoms with Gasteiger partial charge in [-0.25, -0.2) is 0 Å². The Morgan fingerprint density at radius 3 is 2.55 bits per heavy atom. The van der Waals surface area contributed by atoms with Gasteiger partial charge >= 0.3 is 5.97 Å². The quantitative estimate of drug-likeness (QED) is 0.578. The van der Waals surface area contributed by atoms with Crippen LogP contribution in [-0.2, 0) is 16.0 Å². The van der Waals surface area contributed by atoms with Gasteiger partial charge in [-0.05, 0) is 49.9 Å². The first-order chi connectivity index (χ1) is 10.4. The standard InChI is InChI=1S/C20H24O2/c1-5-9-17(19(21)22-20(2,3)4)14-16-12-8-11-15-10-6-7-13-18(15)16/h5-8,10-13,17H,1,9,14H2,2-4H3. The third kappa shape index (κ3) is 4.20. The molecule has 0 saturated carbocycles. The van der Waals surface area contributed by atoms with Gasteiger partial charge in [0.05, 0.1) is 5.92 Å². The molecule has 0 radical (unpaired) electrons. The zero-order valence-corrected chi connectivity index (χ0v) is 13.6.